The molecule has 0 fully saturated rings. The van der Waals surface area contributed by atoms with Gasteiger partial charge in [0.2, 0.25) is 5.78 Å². The number of benzene rings is 2. The molecule has 0 N–H and O–H groups in total. The number of carbonyl (C=O) groups excluding carboxylic acids is 1. The standard InChI is InChI=1S/C17H13N3O/c21-17(15-9-5-2-6-10-15)16(20-13-18-12-19-20)11-14-7-3-1-4-8-14/h1-13H/b16-11+. The van der Waals surface area contributed by atoms with Crippen LogP contribution >= 0.6 is 0 Å². The number of carbonyl (C=O) groups is 1. The Bertz CT molecular complexity index is 747. The third kappa shape index (κ3) is 2.95. The zero-order valence-electron chi connectivity index (χ0n) is 11.3. The van der Waals surface area contributed by atoms with Crippen molar-refractivity contribution in [3.63, 3.8) is 0 Å². The number of hydrogen-bond acceptors (Lipinski definition) is 3. The van der Waals surface area contributed by atoms with Gasteiger partial charge < -0.3 is 0 Å². The van der Waals surface area contributed by atoms with Crippen LogP contribution in [0.4, 0.5) is 0 Å². The molecule has 3 aromatic rings. The molecule has 2 aromatic carbocycles. The van der Waals surface area contributed by atoms with Crippen LogP contribution in [0.25, 0.3) is 11.8 Å². The third-order valence-electron chi connectivity index (χ3n) is 3.04. The van der Waals surface area contributed by atoms with Gasteiger partial charge >= 0.3 is 0 Å². The maximum Gasteiger partial charge on any atom is 0.211 e. The molecule has 0 aliphatic carbocycles. The van der Waals surface area contributed by atoms with Gasteiger partial charge in [0.1, 0.15) is 18.4 Å². The molecule has 3 rings (SSSR count). The highest BCUT2D eigenvalue weighted by Crippen LogP contribution is 2.16. The molecular formula is C17H13N3O. The monoisotopic (exact) mass is 275 g/mol. The lowest BCUT2D eigenvalue weighted by atomic mass is 10.1. The van der Waals surface area contributed by atoms with Crippen molar-refractivity contribution in [3.05, 3.63) is 84.4 Å². The zero-order valence-corrected chi connectivity index (χ0v) is 11.3. The lowest BCUT2D eigenvalue weighted by Gasteiger charge is -2.06. The van der Waals surface area contributed by atoms with Crippen molar-refractivity contribution in [1.82, 2.24) is 14.8 Å². The summed E-state index contributed by atoms with van der Waals surface area (Å²) in [6.07, 6.45) is 4.75. The van der Waals surface area contributed by atoms with Crippen molar-refractivity contribution < 1.29 is 4.79 Å². The second-order valence-corrected chi connectivity index (χ2v) is 4.48. The van der Waals surface area contributed by atoms with Gasteiger partial charge in [-0.3, -0.25) is 4.79 Å². The second-order valence-electron chi connectivity index (χ2n) is 4.48. The van der Waals surface area contributed by atoms with Crippen molar-refractivity contribution >= 4 is 17.6 Å². The topological polar surface area (TPSA) is 47.8 Å². The van der Waals surface area contributed by atoms with Crippen molar-refractivity contribution in [3.8, 4) is 0 Å². The summed E-state index contributed by atoms with van der Waals surface area (Å²) in [5.41, 5.74) is 2.02. The van der Waals surface area contributed by atoms with Gasteiger partial charge in [0.15, 0.2) is 0 Å². The number of rotatable bonds is 4. The average molecular weight is 275 g/mol. The van der Waals surface area contributed by atoms with Gasteiger partial charge in [-0.1, -0.05) is 60.7 Å². The molecule has 0 radical (unpaired) electrons. The highest BCUT2D eigenvalue weighted by atomic mass is 16.1. The first kappa shape index (κ1) is 13.0. The molecule has 4 nitrogen and oxygen atoms in total. The fraction of sp³-hybridized carbons (Fsp3) is 0. The first-order chi connectivity index (χ1) is 10.3. The molecule has 0 saturated carbocycles. The van der Waals surface area contributed by atoms with Gasteiger partial charge in [-0.15, -0.1) is 0 Å². The summed E-state index contributed by atoms with van der Waals surface area (Å²) in [6, 6.07) is 18.8. The summed E-state index contributed by atoms with van der Waals surface area (Å²) >= 11 is 0. The van der Waals surface area contributed by atoms with Crippen molar-refractivity contribution in [1.29, 1.82) is 0 Å². The Morgan fingerprint density at radius 3 is 2.24 bits per heavy atom. The van der Waals surface area contributed by atoms with Crippen LogP contribution < -0.4 is 0 Å². The van der Waals surface area contributed by atoms with Gasteiger partial charge in [0.05, 0.1) is 0 Å². The predicted octanol–water partition coefficient (Wildman–Crippen LogP) is 3.16. The van der Waals surface area contributed by atoms with Crippen LogP contribution in [0.5, 0.6) is 0 Å². The number of aromatic nitrogens is 3. The molecule has 0 unspecified atom stereocenters. The number of Topliss-reactive ketones (excluding diaryl/α,β-unsaturated/α-hetero) is 1. The van der Waals surface area contributed by atoms with Gasteiger partial charge in [-0.05, 0) is 11.6 Å². The van der Waals surface area contributed by atoms with Crippen LogP contribution in [0, 0.1) is 0 Å². The summed E-state index contributed by atoms with van der Waals surface area (Å²) in [4.78, 5) is 16.6. The van der Waals surface area contributed by atoms with Crippen molar-refractivity contribution in [2.75, 3.05) is 0 Å². The molecule has 21 heavy (non-hydrogen) atoms. The quantitative estimate of drug-likeness (QED) is 0.543. The highest BCUT2D eigenvalue weighted by molar-refractivity contribution is 6.27. The lowest BCUT2D eigenvalue weighted by Crippen LogP contribution is -2.09. The number of hydrogen-bond donors (Lipinski definition) is 0. The second kappa shape index (κ2) is 5.96. The van der Waals surface area contributed by atoms with Crippen LogP contribution in [0.3, 0.4) is 0 Å². The average Bonchev–Trinajstić information content (AvgIpc) is 3.08. The van der Waals surface area contributed by atoms with E-state index in [0.717, 1.165) is 5.56 Å². The smallest absolute Gasteiger partial charge is 0.211 e. The van der Waals surface area contributed by atoms with E-state index < -0.39 is 0 Å². The molecule has 0 aliphatic rings. The SMILES string of the molecule is O=C(/C(=C\c1ccccc1)n1cncn1)c1ccccc1. The Balaban J connectivity index is 2.06. The first-order valence-electron chi connectivity index (χ1n) is 6.56. The molecule has 0 bridgehead atoms. The van der Waals surface area contributed by atoms with E-state index in [4.69, 9.17) is 0 Å². The fourth-order valence-corrected chi connectivity index (χ4v) is 2.01. The first-order valence-corrected chi connectivity index (χ1v) is 6.56. The fourth-order valence-electron chi connectivity index (χ4n) is 2.01. The molecule has 0 atom stereocenters. The Hall–Kier alpha value is -3.01. The van der Waals surface area contributed by atoms with Crippen LogP contribution in [0.1, 0.15) is 15.9 Å². The van der Waals surface area contributed by atoms with Crippen LogP contribution in [-0.4, -0.2) is 20.5 Å². The largest absolute Gasteiger partial charge is 0.287 e. The van der Waals surface area contributed by atoms with Crippen LogP contribution in [0.2, 0.25) is 0 Å². The summed E-state index contributed by atoms with van der Waals surface area (Å²) in [5, 5.41) is 4.08. The van der Waals surface area contributed by atoms with E-state index in [-0.39, 0.29) is 5.78 Å². The van der Waals surface area contributed by atoms with E-state index >= 15 is 0 Å². The molecule has 0 spiro atoms. The van der Waals surface area contributed by atoms with Crippen molar-refractivity contribution in [2.45, 2.75) is 0 Å². The summed E-state index contributed by atoms with van der Waals surface area (Å²) in [6.45, 7) is 0. The molecule has 1 heterocycles. The molecule has 102 valence electrons. The zero-order chi connectivity index (χ0) is 14.5. The summed E-state index contributed by atoms with van der Waals surface area (Å²) in [5.74, 6) is -0.0926. The molecule has 1 aromatic heterocycles. The maximum atomic E-state index is 12.7. The van der Waals surface area contributed by atoms with E-state index in [1.807, 2.05) is 54.6 Å². The molecule has 0 saturated heterocycles. The Kier molecular flexibility index (Phi) is 3.69. The molecule has 4 heteroatoms. The predicted molar refractivity (Wildman–Crippen MR) is 81.4 cm³/mol. The van der Waals surface area contributed by atoms with E-state index in [1.54, 1.807) is 12.1 Å². The molecule has 0 aliphatic heterocycles. The Labute approximate surface area is 122 Å². The Morgan fingerprint density at radius 2 is 1.62 bits per heavy atom. The third-order valence-corrected chi connectivity index (χ3v) is 3.04. The maximum absolute atomic E-state index is 12.7. The highest BCUT2D eigenvalue weighted by Gasteiger charge is 2.14. The lowest BCUT2D eigenvalue weighted by molar-refractivity contribution is 0.105. The summed E-state index contributed by atoms with van der Waals surface area (Å²) < 4.78 is 1.49. The Morgan fingerprint density at radius 1 is 0.952 bits per heavy atom. The van der Waals surface area contributed by atoms with Crippen LogP contribution in [-0.2, 0) is 0 Å². The van der Waals surface area contributed by atoms with Gasteiger partial charge in [0.25, 0.3) is 0 Å². The van der Waals surface area contributed by atoms with Crippen LogP contribution in [0.15, 0.2) is 73.3 Å². The number of nitrogens with zero attached hydrogens (tertiary/aromatic N) is 3. The van der Waals surface area contributed by atoms with E-state index in [1.165, 1.54) is 17.3 Å². The van der Waals surface area contributed by atoms with Crippen molar-refractivity contribution in [2.24, 2.45) is 0 Å². The number of ketones is 1. The van der Waals surface area contributed by atoms with E-state index in [9.17, 15) is 4.79 Å². The van der Waals surface area contributed by atoms with Gasteiger partial charge in [-0.25, -0.2) is 9.67 Å². The molecule has 0 amide bonds. The summed E-state index contributed by atoms with van der Waals surface area (Å²) in [7, 11) is 0. The minimum atomic E-state index is -0.0926. The van der Waals surface area contributed by atoms with Gasteiger partial charge in [0, 0.05) is 5.56 Å². The molecular weight excluding hydrogens is 262 g/mol. The minimum absolute atomic E-state index is 0.0926. The van der Waals surface area contributed by atoms with Gasteiger partial charge in [-0.2, -0.15) is 5.10 Å². The normalized spacial score (nSPS) is 11.3. The minimum Gasteiger partial charge on any atom is -0.287 e. The van der Waals surface area contributed by atoms with E-state index in [2.05, 4.69) is 10.1 Å². The number of allylic oxidation sites excluding steroid dienone is 1. The van der Waals surface area contributed by atoms with E-state index in [0.29, 0.717) is 11.3 Å².